The maximum atomic E-state index is 13.3. The molecule has 0 N–H and O–H groups in total. The van der Waals surface area contributed by atoms with E-state index in [-0.39, 0.29) is 5.56 Å². The third-order valence-electron chi connectivity index (χ3n) is 5.61. The van der Waals surface area contributed by atoms with Gasteiger partial charge >= 0.3 is 0 Å². The number of fused-ring (bicyclic) bond motifs is 1. The van der Waals surface area contributed by atoms with E-state index in [1.807, 2.05) is 41.9 Å². The van der Waals surface area contributed by atoms with Crippen LogP contribution in [0.2, 0.25) is 0 Å². The van der Waals surface area contributed by atoms with Crippen LogP contribution in [-0.4, -0.2) is 41.0 Å². The lowest BCUT2D eigenvalue weighted by Gasteiger charge is -2.27. The third kappa shape index (κ3) is 4.37. The number of pyridine rings is 1. The molecule has 3 heterocycles. The molecule has 28 heavy (non-hydrogen) atoms. The highest BCUT2D eigenvalue weighted by Crippen LogP contribution is 2.16. The Balaban J connectivity index is 1.58. The first-order valence-electron chi connectivity index (χ1n) is 10.3. The van der Waals surface area contributed by atoms with Crippen LogP contribution in [-0.2, 0) is 19.6 Å². The molecule has 5 nitrogen and oxygen atoms in total. The molecule has 0 unspecified atom stereocenters. The van der Waals surface area contributed by atoms with Crippen molar-refractivity contribution >= 4 is 10.9 Å². The predicted molar refractivity (Wildman–Crippen MR) is 112 cm³/mol. The molecule has 0 radical (unpaired) electrons. The molecule has 1 fully saturated rings. The van der Waals surface area contributed by atoms with E-state index in [4.69, 9.17) is 4.42 Å². The van der Waals surface area contributed by atoms with E-state index in [0.29, 0.717) is 13.1 Å². The fourth-order valence-electron chi connectivity index (χ4n) is 4.16. The van der Waals surface area contributed by atoms with Gasteiger partial charge in [0.2, 0.25) is 0 Å². The van der Waals surface area contributed by atoms with E-state index >= 15 is 0 Å². The minimum Gasteiger partial charge on any atom is -0.468 e. The molecular formula is C23H29N3O2. The number of para-hydroxylation sites is 1. The van der Waals surface area contributed by atoms with Gasteiger partial charge in [-0.1, -0.05) is 24.6 Å². The number of benzene rings is 1. The molecule has 0 saturated carbocycles. The Kier molecular flexibility index (Phi) is 5.93. The van der Waals surface area contributed by atoms with Gasteiger partial charge in [0, 0.05) is 25.2 Å². The fourth-order valence-corrected chi connectivity index (χ4v) is 4.16. The lowest BCUT2D eigenvalue weighted by Crippen LogP contribution is -2.36. The monoisotopic (exact) mass is 379 g/mol. The van der Waals surface area contributed by atoms with Crippen LogP contribution < -0.4 is 5.56 Å². The zero-order chi connectivity index (χ0) is 19.3. The third-order valence-corrected chi connectivity index (χ3v) is 5.61. The van der Waals surface area contributed by atoms with E-state index in [2.05, 4.69) is 21.9 Å². The van der Waals surface area contributed by atoms with Gasteiger partial charge in [0.25, 0.3) is 5.56 Å². The van der Waals surface area contributed by atoms with Crippen LogP contribution in [0, 0.1) is 0 Å². The van der Waals surface area contributed by atoms with Gasteiger partial charge in [-0.2, -0.15) is 0 Å². The van der Waals surface area contributed by atoms with Gasteiger partial charge in [-0.15, -0.1) is 0 Å². The van der Waals surface area contributed by atoms with Crippen LogP contribution in [0.1, 0.15) is 30.6 Å². The quantitative estimate of drug-likeness (QED) is 0.628. The summed E-state index contributed by atoms with van der Waals surface area (Å²) in [5.41, 5.74) is 2.00. The minimum atomic E-state index is 0.127. The second-order valence-corrected chi connectivity index (χ2v) is 7.84. The topological polar surface area (TPSA) is 41.6 Å². The molecule has 0 atom stereocenters. The van der Waals surface area contributed by atoms with E-state index in [1.165, 1.54) is 19.3 Å². The van der Waals surface area contributed by atoms with E-state index in [1.54, 1.807) is 6.26 Å². The van der Waals surface area contributed by atoms with Crippen LogP contribution in [0.5, 0.6) is 0 Å². The number of likely N-dealkylation sites (tertiary alicyclic amines) is 1. The summed E-state index contributed by atoms with van der Waals surface area (Å²) in [7, 11) is 2.02. The number of furan rings is 1. The highest BCUT2D eigenvalue weighted by Gasteiger charge is 2.14. The van der Waals surface area contributed by atoms with Crippen molar-refractivity contribution in [3.63, 3.8) is 0 Å². The first kappa shape index (κ1) is 19.0. The number of nitrogens with zero attached hydrogens (tertiary/aromatic N) is 3. The first-order chi connectivity index (χ1) is 13.7. The molecule has 1 saturated heterocycles. The molecule has 3 aromatic rings. The van der Waals surface area contributed by atoms with Crippen molar-refractivity contribution in [3.05, 3.63) is 70.4 Å². The minimum absolute atomic E-state index is 0.127. The van der Waals surface area contributed by atoms with Crippen molar-refractivity contribution in [2.24, 2.45) is 0 Å². The Hall–Kier alpha value is -2.37. The SMILES string of the molecule is CN(Cc1ccco1)Cc1cc2ccccc2n(CCN2CCCCC2)c1=O. The van der Waals surface area contributed by atoms with E-state index in [9.17, 15) is 4.79 Å². The number of rotatable bonds is 7. The van der Waals surface area contributed by atoms with Crippen LogP contribution >= 0.6 is 0 Å². The van der Waals surface area contributed by atoms with Crippen LogP contribution in [0.3, 0.4) is 0 Å². The van der Waals surface area contributed by atoms with E-state index < -0.39 is 0 Å². The summed E-state index contributed by atoms with van der Waals surface area (Å²) in [6, 6.07) is 14.1. The molecule has 0 amide bonds. The van der Waals surface area contributed by atoms with Crippen molar-refractivity contribution < 1.29 is 4.42 Å². The van der Waals surface area contributed by atoms with Gasteiger partial charge in [-0.25, -0.2) is 0 Å². The van der Waals surface area contributed by atoms with Gasteiger partial charge in [-0.05, 0) is 62.6 Å². The Morgan fingerprint density at radius 1 is 1.00 bits per heavy atom. The summed E-state index contributed by atoms with van der Waals surface area (Å²) in [5, 5.41) is 1.13. The molecular weight excluding hydrogens is 350 g/mol. The molecule has 0 aliphatic carbocycles. The fraction of sp³-hybridized carbons (Fsp3) is 0.435. The average Bonchev–Trinajstić information content (AvgIpc) is 3.22. The van der Waals surface area contributed by atoms with Crippen molar-refractivity contribution in [2.45, 2.75) is 38.9 Å². The predicted octanol–water partition coefficient (Wildman–Crippen LogP) is 3.71. The maximum absolute atomic E-state index is 13.3. The van der Waals surface area contributed by atoms with Gasteiger partial charge in [0.05, 0.1) is 18.3 Å². The Morgan fingerprint density at radius 2 is 1.82 bits per heavy atom. The maximum Gasteiger partial charge on any atom is 0.255 e. The van der Waals surface area contributed by atoms with Crippen molar-refractivity contribution in [1.29, 1.82) is 0 Å². The summed E-state index contributed by atoms with van der Waals surface area (Å²) < 4.78 is 7.41. The van der Waals surface area contributed by atoms with Crippen molar-refractivity contribution in [1.82, 2.24) is 14.4 Å². The van der Waals surface area contributed by atoms with E-state index in [0.717, 1.165) is 48.4 Å². The highest BCUT2D eigenvalue weighted by atomic mass is 16.3. The molecule has 4 rings (SSSR count). The molecule has 1 aromatic carbocycles. The van der Waals surface area contributed by atoms with Gasteiger partial charge in [0.1, 0.15) is 5.76 Å². The van der Waals surface area contributed by atoms with Gasteiger partial charge < -0.3 is 13.9 Å². The summed E-state index contributed by atoms with van der Waals surface area (Å²) in [5.74, 6) is 0.911. The average molecular weight is 380 g/mol. The second-order valence-electron chi connectivity index (χ2n) is 7.84. The number of hydrogen-bond donors (Lipinski definition) is 0. The lowest BCUT2D eigenvalue weighted by molar-refractivity contribution is 0.220. The number of hydrogen-bond acceptors (Lipinski definition) is 4. The number of piperidine rings is 1. The Bertz CT molecular complexity index is 956. The largest absolute Gasteiger partial charge is 0.468 e. The smallest absolute Gasteiger partial charge is 0.255 e. The first-order valence-corrected chi connectivity index (χ1v) is 10.3. The zero-order valence-electron chi connectivity index (χ0n) is 16.6. The molecule has 0 spiro atoms. The summed E-state index contributed by atoms with van der Waals surface area (Å²) in [4.78, 5) is 17.9. The Morgan fingerprint density at radius 3 is 2.61 bits per heavy atom. The van der Waals surface area contributed by atoms with Gasteiger partial charge in [0.15, 0.2) is 0 Å². The summed E-state index contributed by atoms with van der Waals surface area (Å²) >= 11 is 0. The molecule has 0 bridgehead atoms. The highest BCUT2D eigenvalue weighted by molar-refractivity contribution is 5.79. The van der Waals surface area contributed by atoms with Crippen molar-refractivity contribution in [3.8, 4) is 0 Å². The summed E-state index contributed by atoms with van der Waals surface area (Å²) in [6.45, 7) is 5.28. The van der Waals surface area contributed by atoms with Crippen LogP contribution in [0.15, 0.2) is 57.9 Å². The molecule has 5 heteroatoms. The Labute approximate surface area is 166 Å². The number of aromatic nitrogens is 1. The standard InChI is InChI=1S/C23H29N3O2/c1-24(18-21-9-7-15-28-21)17-20-16-19-8-3-4-10-22(19)26(23(20)27)14-13-25-11-5-2-6-12-25/h3-4,7-10,15-16H,2,5-6,11-14,17-18H2,1H3. The summed E-state index contributed by atoms with van der Waals surface area (Å²) in [6.07, 6.45) is 5.56. The lowest BCUT2D eigenvalue weighted by atomic mass is 10.1. The normalized spacial score (nSPS) is 15.5. The van der Waals surface area contributed by atoms with Gasteiger partial charge in [-0.3, -0.25) is 9.69 Å². The zero-order valence-corrected chi connectivity index (χ0v) is 16.6. The molecule has 2 aromatic heterocycles. The molecule has 148 valence electrons. The van der Waals surface area contributed by atoms with Crippen LogP contribution in [0.4, 0.5) is 0 Å². The molecule has 1 aliphatic heterocycles. The second kappa shape index (κ2) is 8.76. The van der Waals surface area contributed by atoms with Crippen LogP contribution in [0.25, 0.3) is 10.9 Å². The molecule has 1 aliphatic rings. The van der Waals surface area contributed by atoms with Crippen molar-refractivity contribution in [2.75, 3.05) is 26.7 Å².